The predicted molar refractivity (Wildman–Crippen MR) is 92.2 cm³/mol. The van der Waals surface area contributed by atoms with Gasteiger partial charge >= 0.3 is 0 Å². The van der Waals surface area contributed by atoms with Crippen LogP contribution in [0.5, 0.6) is 0 Å². The van der Waals surface area contributed by atoms with Crippen molar-refractivity contribution < 1.29 is 0 Å². The van der Waals surface area contributed by atoms with E-state index in [-0.39, 0.29) is 5.56 Å². The highest BCUT2D eigenvalue weighted by molar-refractivity contribution is 9.10. The lowest BCUT2D eigenvalue weighted by Gasteiger charge is -2.20. The fraction of sp³-hybridized carbons (Fsp3) is 0.375. The van der Waals surface area contributed by atoms with Gasteiger partial charge in [0.05, 0.1) is 0 Å². The first-order valence-electron chi connectivity index (χ1n) is 7.25. The molecule has 1 aromatic heterocycles. The minimum atomic E-state index is -0.150. The maximum absolute atomic E-state index is 12.0. The van der Waals surface area contributed by atoms with E-state index in [0.29, 0.717) is 0 Å². The lowest BCUT2D eigenvalue weighted by atomic mass is 10.2. The lowest BCUT2D eigenvalue weighted by molar-refractivity contribution is 0.726. The molecule has 0 radical (unpaired) electrons. The molecule has 1 fully saturated rings. The minimum absolute atomic E-state index is 0.150. The lowest BCUT2D eigenvalue weighted by Crippen LogP contribution is -2.26. The monoisotopic (exact) mass is 364 g/mol. The van der Waals surface area contributed by atoms with E-state index in [0.717, 1.165) is 33.1 Å². The second kappa shape index (κ2) is 6.71. The van der Waals surface area contributed by atoms with Crippen LogP contribution in [0.2, 0.25) is 0 Å². The van der Waals surface area contributed by atoms with Crippen molar-refractivity contribution >= 4 is 32.4 Å². The van der Waals surface area contributed by atoms with Gasteiger partial charge in [-0.1, -0.05) is 52.2 Å². The smallest absolute Gasteiger partial charge is 0.273 e. The van der Waals surface area contributed by atoms with E-state index in [9.17, 15) is 4.79 Å². The highest BCUT2D eigenvalue weighted by Gasteiger charge is 2.14. The van der Waals surface area contributed by atoms with Crippen LogP contribution in [0.15, 0.2) is 39.6 Å². The van der Waals surface area contributed by atoms with E-state index in [2.05, 4.69) is 25.8 Å². The molecule has 2 heterocycles. The van der Waals surface area contributed by atoms with Gasteiger partial charge in [-0.15, -0.1) is 0 Å². The predicted octanol–water partition coefficient (Wildman–Crippen LogP) is 4.31. The first kappa shape index (κ1) is 14.7. The SMILES string of the molecule is O=c1cc(-c2cccc(Br)c2)sc(N2CCCCCC2)n1. The topological polar surface area (TPSA) is 33.2 Å². The normalized spacial score (nSPS) is 15.8. The third kappa shape index (κ3) is 3.71. The molecule has 0 aliphatic carbocycles. The van der Waals surface area contributed by atoms with Gasteiger partial charge in [-0.05, 0) is 30.5 Å². The molecule has 0 saturated carbocycles. The second-order valence-corrected chi connectivity index (χ2v) is 7.18. The summed E-state index contributed by atoms with van der Waals surface area (Å²) in [7, 11) is 0. The zero-order chi connectivity index (χ0) is 14.7. The molecule has 1 aliphatic rings. The quantitative estimate of drug-likeness (QED) is 0.795. The summed E-state index contributed by atoms with van der Waals surface area (Å²) in [6, 6.07) is 9.68. The highest BCUT2D eigenvalue weighted by atomic mass is 79.9. The van der Waals surface area contributed by atoms with Gasteiger partial charge in [-0.25, -0.2) is 0 Å². The Balaban J connectivity index is 1.97. The fourth-order valence-electron chi connectivity index (χ4n) is 2.57. The van der Waals surface area contributed by atoms with Crippen LogP contribution in [-0.2, 0) is 0 Å². The van der Waals surface area contributed by atoms with Gasteiger partial charge in [0, 0.05) is 28.5 Å². The fourth-order valence-corrected chi connectivity index (χ4v) is 4.02. The van der Waals surface area contributed by atoms with Crippen LogP contribution in [0, 0.1) is 0 Å². The van der Waals surface area contributed by atoms with Crippen molar-refractivity contribution in [2.75, 3.05) is 18.0 Å². The van der Waals surface area contributed by atoms with E-state index in [4.69, 9.17) is 0 Å². The Morgan fingerprint density at radius 1 is 1.10 bits per heavy atom. The zero-order valence-corrected chi connectivity index (χ0v) is 14.1. The summed E-state index contributed by atoms with van der Waals surface area (Å²) in [4.78, 5) is 19.4. The number of halogens is 1. The third-order valence-corrected chi connectivity index (χ3v) is 5.25. The van der Waals surface area contributed by atoms with Gasteiger partial charge in [-0.2, -0.15) is 4.98 Å². The van der Waals surface area contributed by atoms with Crippen LogP contribution in [0.1, 0.15) is 25.7 Å². The Kier molecular flexibility index (Phi) is 4.70. The van der Waals surface area contributed by atoms with Crippen molar-refractivity contribution in [1.82, 2.24) is 4.98 Å². The van der Waals surface area contributed by atoms with Crippen molar-refractivity contribution in [3.05, 3.63) is 45.2 Å². The summed E-state index contributed by atoms with van der Waals surface area (Å²) in [5, 5.41) is 0.861. The maximum atomic E-state index is 12.0. The summed E-state index contributed by atoms with van der Waals surface area (Å²) in [5.74, 6) is 0. The number of rotatable bonds is 2. The van der Waals surface area contributed by atoms with Crippen LogP contribution in [0.3, 0.4) is 0 Å². The Morgan fingerprint density at radius 2 is 1.86 bits per heavy atom. The second-order valence-electron chi connectivity index (χ2n) is 5.25. The number of hydrogen-bond donors (Lipinski definition) is 0. The molecule has 1 aromatic carbocycles. The molecule has 0 unspecified atom stereocenters. The van der Waals surface area contributed by atoms with E-state index in [1.807, 2.05) is 24.3 Å². The molecular formula is C16H17BrN2OS. The molecule has 1 aliphatic heterocycles. The molecule has 2 aromatic rings. The number of nitrogens with zero attached hydrogens (tertiary/aromatic N) is 2. The largest absolute Gasteiger partial charge is 0.348 e. The van der Waals surface area contributed by atoms with Crippen molar-refractivity contribution in [2.24, 2.45) is 0 Å². The molecule has 5 heteroatoms. The molecule has 0 amide bonds. The standard InChI is InChI=1S/C16H17BrN2OS/c17-13-7-5-6-12(10-13)14-11-15(20)18-16(21-14)19-8-3-1-2-4-9-19/h5-7,10-11H,1-4,8-9H2. The van der Waals surface area contributed by atoms with E-state index >= 15 is 0 Å². The molecule has 110 valence electrons. The van der Waals surface area contributed by atoms with Gasteiger partial charge < -0.3 is 4.90 Å². The number of aromatic nitrogens is 1. The summed E-state index contributed by atoms with van der Waals surface area (Å²) >= 11 is 5.09. The van der Waals surface area contributed by atoms with Crippen molar-refractivity contribution in [3.8, 4) is 10.4 Å². The summed E-state index contributed by atoms with van der Waals surface area (Å²) in [5.41, 5.74) is 0.910. The minimum Gasteiger partial charge on any atom is -0.348 e. The molecule has 0 bridgehead atoms. The molecule has 0 spiro atoms. The van der Waals surface area contributed by atoms with Gasteiger partial charge in [0.15, 0.2) is 5.13 Å². The summed E-state index contributed by atoms with van der Waals surface area (Å²) < 4.78 is 1.02. The van der Waals surface area contributed by atoms with Crippen molar-refractivity contribution in [1.29, 1.82) is 0 Å². The maximum Gasteiger partial charge on any atom is 0.273 e. The summed E-state index contributed by atoms with van der Waals surface area (Å²) in [6.45, 7) is 2.01. The van der Waals surface area contributed by atoms with Crippen molar-refractivity contribution in [2.45, 2.75) is 25.7 Å². The average Bonchev–Trinajstić information content (AvgIpc) is 2.76. The number of anilines is 1. The Morgan fingerprint density at radius 3 is 2.57 bits per heavy atom. The van der Waals surface area contributed by atoms with Gasteiger partial charge in [0.25, 0.3) is 5.56 Å². The molecule has 0 N–H and O–H groups in total. The zero-order valence-electron chi connectivity index (χ0n) is 11.7. The average molecular weight is 365 g/mol. The summed E-state index contributed by atoms with van der Waals surface area (Å²) in [6.07, 6.45) is 4.92. The molecule has 1 saturated heterocycles. The molecular weight excluding hydrogens is 348 g/mol. The van der Waals surface area contributed by atoms with E-state index < -0.39 is 0 Å². The van der Waals surface area contributed by atoms with Gasteiger partial charge in [0.1, 0.15) is 0 Å². The van der Waals surface area contributed by atoms with Crippen LogP contribution < -0.4 is 10.5 Å². The Hall–Kier alpha value is -1.20. The van der Waals surface area contributed by atoms with Crippen molar-refractivity contribution in [3.63, 3.8) is 0 Å². The van der Waals surface area contributed by atoms with Crippen LogP contribution in [0.4, 0.5) is 5.13 Å². The van der Waals surface area contributed by atoms with Crippen LogP contribution in [0.25, 0.3) is 10.4 Å². The van der Waals surface area contributed by atoms with Crippen LogP contribution in [-0.4, -0.2) is 18.1 Å². The molecule has 3 rings (SSSR count). The highest BCUT2D eigenvalue weighted by Crippen LogP contribution is 2.30. The first-order valence-corrected chi connectivity index (χ1v) is 8.86. The Bertz CT molecular complexity index is 678. The van der Waals surface area contributed by atoms with Gasteiger partial charge in [0.2, 0.25) is 0 Å². The number of benzene rings is 1. The molecule has 0 atom stereocenters. The van der Waals surface area contributed by atoms with E-state index in [1.54, 1.807) is 17.4 Å². The van der Waals surface area contributed by atoms with Crippen LogP contribution >= 0.6 is 27.3 Å². The Labute approximate surface area is 136 Å². The third-order valence-electron chi connectivity index (χ3n) is 3.65. The van der Waals surface area contributed by atoms with E-state index in [1.165, 1.54) is 25.7 Å². The van der Waals surface area contributed by atoms with Gasteiger partial charge in [-0.3, -0.25) is 4.79 Å². The molecule has 3 nitrogen and oxygen atoms in total. The number of hydrogen-bond acceptors (Lipinski definition) is 4. The first-order chi connectivity index (χ1) is 10.2. The molecule has 21 heavy (non-hydrogen) atoms.